The van der Waals surface area contributed by atoms with Gasteiger partial charge < -0.3 is 5.32 Å². The minimum Gasteiger partial charge on any atom is -0.316 e. The van der Waals surface area contributed by atoms with Crippen molar-refractivity contribution in [1.82, 2.24) is 25.5 Å². The summed E-state index contributed by atoms with van der Waals surface area (Å²) in [5.41, 5.74) is 1.64. The number of benzene rings is 1. The number of nitrogens with zero attached hydrogens (tertiary/aromatic N) is 4. The van der Waals surface area contributed by atoms with Gasteiger partial charge in [0.2, 0.25) is 0 Å². The number of likely N-dealkylation sites (N-methyl/N-ethyl adjacent to an activating group) is 1. The van der Waals surface area contributed by atoms with Crippen LogP contribution in [0.2, 0.25) is 0 Å². The second-order valence-electron chi connectivity index (χ2n) is 5.62. The Labute approximate surface area is 119 Å². The summed E-state index contributed by atoms with van der Waals surface area (Å²) in [7, 11) is 3.84. The molecule has 2 aromatic rings. The zero-order valence-corrected chi connectivity index (χ0v) is 12.1. The molecule has 20 heavy (non-hydrogen) atoms. The van der Waals surface area contributed by atoms with Crippen LogP contribution in [0.25, 0.3) is 0 Å². The van der Waals surface area contributed by atoms with Crippen molar-refractivity contribution in [1.29, 1.82) is 0 Å². The molecule has 1 fully saturated rings. The molecule has 1 saturated carbocycles. The molecule has 5 nitrogen and oxygen atoms in total. The van der Waals surface area contributed by atoms with Crippen LogP contribution in [0.3, 0.4) is 0 Å². The predicted octanol–water partition coefficient (Wildman–Crippen LogP) is 1.46. The van der Waals surface area contributed by atoms with Gasteiger partial charge in [-0.15, -0.1) is 10.2 Å². The van der Waals surface area contributed by atoms with Gasteiger partial charge in [-0.3, -0.25) is 0 Å². The highest BCUT2D eigenvalue weighted by molar-refractivity contribution is 5.31. The maximum absolute atomic E-state index is 4.32. The number of nitrogens with one attached hydrogen (secondary N) is 1. The van der Waals surface area contributed by atoms with E-state index < -0.39 is 0 Å². The molecule has 3 rings (SSSR count). The first-order valence-electron chi connectivity index (χ1n) is 7.20. The lowest BCUT2D eigenvalue weighted by Crippen LogP contribution is -2.53. The van der Waals surface area contributed by atoms with Gasteiger partial charge >= 0.3 is 0 Å². The summed E-state index contributed by atoms with van der Waals surface area (Å²) < 4.78 is 0. The Bertz CT molecular complexity index is 559. The van der Waals surface area contributed by atoms with E-state index in [0.29, 0.717) is 6.04 Å². The molecule has 0 radical (unpaired) electrons. The Morgan fingerprint density at radius 2 is 2.05 bits per heavy atom. The number of tetrazole rings is 1. The lowest BCUT2D eigenvalue weighted by atomic mass is 9.59. The van der Waals surface area contributed by atoms with Crippen LogP contribution in [0.4, 0.5) is 0 Å². The van der Waals surface area contributed by atoms with Crippen molar-refractivity contribution in [3.63, 3.8) is 0 Å². The van der Waals surface area contributed by atoms with Gasteiger partial charge in [0.1, 0.15) is 0 Å². The molecule has 5 heteroatoms. The summed E-state index contributed by atoms with van der Waals surface area (Å²) in [6, 6.07) is 11.2. The van der Waals surface area contributed by atoms with Crippen molar-refractivity contribution in [3.8, 4) is 0 Å². The Hall–Kier alpha value is -1.75. The van der Waals surface area contributed by atoms with Crippen molar-refractivity contribution >= 4 is 0 Å². The topological polar surface area (TPSA) is 55.6 Å². The van der Waals surface area contributed by atoms with Crippen LogP contribution in [0.1, 0.15) is 30.7 Å². The molecule has 1 aliphatic carbocycles. The molecule has 1 unspecified atom stereocenters. The van der Waals surface area contributed by atoms with E-state index >= 15 is 0 Å². The van der Waals surface area contributed by atoms with Crippen molar-refractivity contribution in [3.05, 3.63) is 41.7 Å². The van der Waals surface area contributed by atoms with E-state index in [-0.39, 0.29) is 5.41 Å². The Kier molecular flexibility index (Phi) is 3.53. The first-order chi connectivity index (χ1) is 9.74. The molecule has 106 valence electrons. The van der Waals surface area contributed by atoms with E-state index in [2.05, 4.69) is 51.1 Å². The number of hydrogen-bond acceptors (Lipinski definition) is 4. The Morgan fingerprint density at radius 1 is 1.30 bits per heavy atom. The van der Waals surface area contributed by atoms with Crippen LogP contribution in [0, 0.1) is 0 Å². The highest BCUT2D eigenvalue weighted by Crippen LogP contribution is 2.46. The van der Waals surface area contributed by atoms with Gasteiger partial charge in [-0.1, -0.05) is 36.8 Å². The van der Waals surface area contributed by atoms with Gasteiger partial charge in [-0.2, -0.15) is 4.80 Å². The monoisotopic (exact) mass is 271 g/mol. The average molecular weight is 271 g/mol. The van der Waals surface area contributed by atoms with Crippen molar-refractivity contribution in [2.75, 3.05) is 7.05 Å². The fraction of sp³-hybridized carbons (Fsp3) is 0.533. The normalized spacial score (nSPS) is 18.5. The molecular formula is C15H21N5. The first kappa shape index (κ1) is 13.2. The minimum atomic E-state index is 0.217. The predicted molar refractivity (Wildman–Crippen MR) is 77.3 cm³/mol. The summed E-state index contributed by atoms with van der Waals surface area (Å²) >= 11 is 0. The van der Waals surface area contributed by atoms with Crippen molar-refractivity contribution in [2.45, 2.75) is 37.1 Å². The van der Waals surface area contributed by atoms with Gasteiger partial charge in [0, 0.05) is 17.9 Å². The fourth-order valence-corrected chi connectivity index (χ4v) is 3.33. The second kappa shape index (κ2) is 5.32. The van der Waals surface area contributed by atoms with E-state index in [1.54, 1.807) is 7.05 Å². The standard InChI is InChI=1S/C15H21N5/c1-16-13(11-14-17-19-20(2)18-14)15(9-6-10-15)12-7-4-3-5-8-12/h3-5,7-8,13,16H,6,9-11H2,1-2H3. The van der Waals surface area contributed by atoms with E-state index in [1.165, 1.54) is 29.6 Å². The quantitative estimate of drug-likeness (QED) is 0.894. The maximum Gasteiger partial charge on any atom is 0.176 e. The smallest absolute Gasteiger partial charge is 0.176 e. The van der Waals surface area contributed by atoms with Crippen LogP contribution in [0.15, 0.2) is 30.3 Å². The third-order valence-corrected chi connectivity index (χ3v) is 4.55. The number of rotatable bonds is 5. The summed E-state index contributed by atoms with van der Waals surface area (Å²) in [6.07, 6.45) is 4.56. The van der Waals surface area contributed by atoms with Crippen molar-refractivity contribution < 1.29 is 0 Å². The molecule has 0 amide bonds. The van der Waals surface area contributed by atoms with Crippen LogP contribution >= 0.6 is 0 Å². The molecule has 0 bridgehead atoms. The van der Waals surface area contributed by atoms with Crippen LogP contribution in [0.5, 0.6) is 0 Å². The van der Waals surface area contributed by atoms with Gasteiger partial charge in [-0.05, 0) is 30.7 Å². The largest absolute Gasteiger partial charge is 0.316 e. The third-order valence-electron chi connectivity index (χ3n) is 4.55. The average Bonchev–Trinajstić information content (AvgIpc) is 2.83. The van der Waals surface area contributed by atoms with Crippen LogP contribution in [-0.4, -0.2) is 33.3 Å². The Balaban J connectivity index is 1.86. The summed E-state index contributed by atoms with van der Waals surface area (Å²) in [5.74, 6) is 0.814. The second-order valence-corrected chi connectivity index (χ2v) is 5.62. The van der Waals surface area contributed by atoms with E-state index in [1.807, 2.05) is 7.05 Å². The van der Waals surface area contributed by atoms with E-state index in [4.69, 9.17) is 0 Å². The molecule has 0 spiro atoms. The third kappa shape index (κ3) is 2.22. The molecule has 1 N–H and O–H groups in total. The Morgan fingerprint density at radius 3 is 2.55 bits per heavy atom. The zero-order chi connectivity index (χ0) is 14.0. The summed E-state index contributed by atoms with van der Waals surface area (Å²) in [5, 5.41) is 15.9. The van der Waals surface area contributed by atoms with Crippen LogP contribution < -0.4 is 5.32 Å². The van der Waals surface area contributed by atoms with E-state index in [9.17, 15) is 0 Å². The molecule has 1 aromatic carbocycles. The van der Waals surface area contributed by atoms with Crippen LogP contribution in [-0.2, 0) is 18.9 Å². The number of aryl methyl sites for hydroxylation is 1. The molecule has 1 heterocycles. The number of hydrogen-bond donors (Lipinski definition) is 1. The maximum atomic E-state index is 4.32. The summed E-state index contributed by atoms with van der Waals surface area (Å²) in [4.78, 5) is 1.53. The number of aromatic nitrogens is 4. The zero-order valence-electron chi connectivity index (χ0n) is 12.1. The molecule has 0 saturated heterocycles. The fourth-order valence-electron chi connectivity index (χ4n) is 3.33. The summed E-state index contributed by atoms with van der Waals surface area (Å²) in [6.45, 7) is 0. The molecule has 1 aliphatic rings. The van der Waals surface area contributed by atoms with Gasteiger partial charge in [0.15, 0.2) is 5.82 Å². The van der Waals surface area contributed by atoms with Crippen molar-refractivity contribution in [2.24, 2.45) is 7.05 Å². The molecular weight excluding hydrogens is 250 g/mol. The highest BCUT2D eigenvalue weighted by Gasteiger charge is 2.45. The van der Waals surface area contributed by atoms with Gasteiger partial charge in [-0.25, -0.2) is 0 Å². The molecule has 1 atom stereocenters. The highest BCUT2D eigenvalue weighted by atomic mass is 15.6. The van der Waals surface area contributed by atoms with Gasteiger partial charge in [0.05, 0.1) is 7.05 Å². The van der Waals surface area contributed by atoms with E-state index in [0.717, 1.165) is 12.2 Å². The SMILES string of the molecule is CNC(Cc1nnn(C)n1)C1(c2ccccc2)CCC1. The first-order valence-corrected chi connectivity index (χ1v) is 7.20. The minimum absolute atomic E-state index is 0.217. The molecule has 0 aliphatic heterocycles. The van der Waals surface area contributed by atoms with Gasteiger partial charge in [0.25, 0.3) is 0 Å². The lowest BCUT2D eigenvalue weighted by molar-refractivity contribution is 0.172. The molecule has 1 aromatic heterocycles. The lowest BCUT2D eigenvalue weighted by Gasteiger charge is -2.48.